The van der Waals surface area contributed by atoms with Crippen LogP contribution in [-0.4, -0.2) is 38.2 Å². The highest BCUT2D eigenvalue weighted by Gasteiger charge is 2.27. The van der Waals surface area contributed by atoms with E-state index in [2.05, 4.69) is 10.6 Å². The number of nitrogens with one attached hydrogen (secondary N) is 2. The van der Waals surface area contributed by atoms with Crippen LogP contribution in [0.2, 0.25) is 0 Å². The molecule has 156 valence electrons. The fourth-order valence-corrected chi connectivity index (χ4v) is 4.54. The van der Waals surface area contributed by atoms with Crippen molar-refractivity contribution in [2.24, 2.45) is 0 Å². The minimum atomic E-state index is -0.921. The van der Waals surface area contributed by atoms with E-state index in [9.17, 15) is 14.0 Å². The Kier molecular flexibility index (Phi) is 7.22. The summed E-state index contributed by atoms with van der Waals surface area (Å²) in [5.41, 5.74) is 1.53. The molecule has 1 unspecified atom stereocenters. The maximum Gasteiger partial charge on any atom is 0.265 e. The van der Waals surface area contributed by atoms with Gasteiger partial charge in [0, 0.05) is 18.5 Å². The molecule has 2 aromatic rings. The van der Waals surface area contributed by atoms with Gasteiger partial charge in [-0.15, -0.1) is 11.3 Å². The van der Waals surface area contributed by atoms with E-state index >= 15 is 0 Å². The van der Waals surface area contributed by atoms with Crippen LogP contribution < -0.4 is 15.4 Å². The van der Waals surface area contributed by atoms with Gasteiger partial charge in [-0.05, 0) is 50.3 Å². The van der Waals surface area contributed by atoms with E-state index in [-0.39, 0.29) is 11.7 Å². The van der Waals surface area contributed by atoms with Crippen LogP contribution in [0.15, 0.2) is 24.3 Å². The summed E-state index contributed by atoms with van der Waals surface area (Å²) in [6.45, 7) is 2.35. The lowest BCUT2D eigenvalue weighted by Crippen LogP contribution is -2.32. The molecule has 0 fully saturated rings. The van der Waals surface area contributed by atoms with Gasteiger partial charge in [0.1, 0.15) is 5.00 Å². The summed E-state index contributed by atoms with van der Waals surface area (Å²) < 4.78 is 24.2. The Hall–Kier alpha value is -2.45. The minimum absolute atomic E-state index is 0.0122. The van der Waals surface area contributed by atoms with Gasteiger partial charge in [-0.25, -0.2) is 4.39 Å². The van der Waals surface area contributed by atoms with Crippen LogP contribution in [0.4, 0.5) is 9.39 Å². The van der Waals surface area contributed by atoms with E-state index in [4.69, 9.17) is 9.47 Å². The summed E-state index contributed by atoms with van der Waals surface area (Å²) in [5, 5.41) is 6.17. The number of carbonyl (C=O) groups excluding carboxylic acids is 2. The Balaban J connectivity index is 1.76. The molecule has 29 heavy (non-hydrogen) atoms. The van der Waals surface area contributed by atoms with Gasteiger partial charge in [-0.2, -0.15) is 0 Å². The standard InChI is InChI=1S/C21H25FN2O4S/c1-13(28-16-9-5-4-8-15(16)22)19(25)24-21-18(20(26)23-11-12-27-2)14-7-3-6-10-17(14)29-21/h4-5,8-9,13H,3,6-7,10-12H2,1-2H3,(H,23,26)(H,24,25). The minimum Gasteiger partial charge on any atom is -0.478 e. The second-order valence-electron chi connectivity index (χ2n) is 6.84. The van der Waals surface area contributed by atoms with E-state index < -0.39 is 17.8 Å². The van der Waals surface area contributed by atoms with Gasteiger partial charge >= 0.3 is 0 Å². The van der Waals surface area contributed by atoms with Crippen LogP contribution in [0.3, 0.4) is 0 Å². The summed E-state index contributed by atoms with van der Waals surface area (Å²) in [6.07, 6.45) is 2.88. The SMILES string of the molecule is COCCNC(=O)c1c(NC(=O)C(C)Oc2ccccc2F)sc2c1CCCC2. The molecule has 2 N–H and O–H groups in total. The predicted molar refractivity (Wildman–Crippen MR) is 110 cm³/mol. The van der Waals surface area contributed by atoms with Crippen molar-refractivity contribution in [3.8, 4) is 5.75 Å². The number of methoxy groups -OCH3 is 1. The Labute approximate surface area is 173 Å². The number of amides is 2. The van der Waals surface area contributed by atoms with Crippen LogP contribution in [-0.2, 0) is 22.4 Å². The van der Waals surface area contributed by atoms with Crippen molar-refractivity contribution in [3.63, 3.8) is 0 Å². The summed E-state index contributed by atoms with van der Waals surface area (Å²) in [5.74, 6) is -1.17. The molecule has 0 spiro atoms. The van der Waals surface area contributed by atoms with Gasteiger partial charge in [0.05, 0.1) is 12.2 Å². The van der Waals surface area contributed by atoms with Gasteiger partial charge in [-0.3, -0.25) is 9.59 Å². The zero-order valence-corrected chi connectivity index (χ0v) is 17.4. The number of ether oxygens (including phenoxy) is 2. The van der Waals surface area contributed by atoms with Crippen molar-refractivity contribution in [3.05, 3.63) is 46.1 Å². The first kappa shape index (κ1) is 21.3. The molecule has 1 heterocycles. The number of para-hydroxylation sites is 1. The maximum atomic E-state index is 13.8. The molecule has 3 rings (SSSR count). The van der Waals surface area contributed by atoms with Crippen molar-refractivity contribution >= 4 is 28.2 Å². The highest BCUT2D eigenvalue weighted by molar-refractivity contribution is 7.17. The molecule has 2 amide bonds. The first-order chi connectivity index (χ1) is 14.0. The summed E-state index contributed by atoms with van der Waals surface area (Å²) >= 11 is 1.43. The molecule has 1 aliphatic carbocycles. The molecule has 1 aromatic carbocycles. The molecular weight excluding hydrogens is 395 g/mol. The van der Waals surface area contributed by atoms with Crippen LogP contribution >= 0.6 is 11.3 Å². The van der Waals surface area contributed by atoms with Gasteiger partial charge in [0.15, 0.2) is 17.7 Å². The number of rotatable bonds is 8. The normalized spacial score (nSPS) is 14.0. The van der Waals surface area contributed by atoms with Crippen molar-refractivity contribution < 1.29 is 23.5 Å². The molecule has 8 heteroatoms. The van der Waals surface area contributed by atoms with Crippen molar-refractivity contribution in [1.82, 2.24) is 5.32 Å². The van der Waals surface area contributed by atoms with Crippen LogP contribution in [0.1, 0.15) is 40.6 Å². The van der Waals surface area contributed by atoms with Crippen molar-refractivity contribution in [1.29, 1.82) is 0 Å². The molecule has 0 saturated heterocycles. The number of aryl methyl sites for hydroxylation is 1. The smallest absolute Gasteiger partial charge is 0.265 e. The molecular formula is C21H25FN2O4S. The molecule has 0 saturated carbocycles. The lowest BCUT2D eigenvalue weighted by Gasteiger charge is -2.16. The van der Waals surface area contributed by atoms with Crippen molar-refractivity contribution in [2.75, 3.05) is 25.6 Å². The number of benzene rings is 1. The predicted octanol–water partition coefficient (Wildman–Crippen LogP) is 3.55. The number of hydrogen-bond donors (Lipinski definition) is 2. The van der Waals surface area contributed by atoms with Crippen LogP contribution in [0.25, 0.3) is 0 Å². The van der Waals surface area contributed by atoms with Gasteiger partial charge in [0.2, 0.25) is 0 Å². The van der Waals surface area contributed by atoms with Gasteiger partial charge in [0.25, 0.3) is 11.8 Å². The largest absolute Gasteiger partial charge is 0.478 e. The maximum absolute atomic E-state index is 13.8. The molecule has 0 bridgehead atoms. The first-order valence-corrected chi connectivity index (χ1v) is 10.5. The third kappa shape index (κ3) is 5.13. The molecule has 1 atom stereocenters. The number of thiophene rings is 1. The summed E-state index contributed by atoms with van der Waals surface area (Å²) in [7, 11) is 1.57. The van der Waals surface area contributed by atoms with Crippen LogP contribution in [0.5, 0.6) is 5.75 Å². The number of hydrogen-bond acceptors (Lipinski definition) is 5. The van der Waals surface area contributed by atoms with E-state index in [1.165, 1.54) is 23.5 Å². The van der Waals surface area contributed by atoms with Gasteiger partial charge < -0.3 is 20.1 Å². The average molecular weight is 421 g/mol. The second kappa shape index (κ2) is 9.84. The van der Waals surface area contributed by atoms with Gasteiger partial charge in [-0.1, -0.05) is 12.1 Å². The Bertz CT molecular complexity index is 884. The zero-order chi connectivity index (χ0) is 20.8. The lowest BCUT2D eigenvalue weighted by molar-refractivity contribution is -0.122. The zero-order valence-electron chi connectivity index (χ0n) is 16.5. The third-order valence-corrected chi connectivity index (χ3v) is 5.94. The Morgan fingerprint density at radius 2 is 2.00 bits per heavy atom. The van der Waals surface area contributed by atoms with E-state index in [0.29, 0.717) is 23.7 Å². The highest BCUT2D eigenvalue weighted by atomic mass is 32.1. The van der Waals surface area contributed by atoms with E-state index in [1.807, 2.05) is 0 Å². The van der Waals surface area contributed by atoms with E-state index in [1.54, 1.807) is 26.2 Å². The topological polar surface area (TPSA) is 76.7 Å². The van der Waals surface area contributed by atoms with Crippen molar-refractivity contribution in [2.45, 2.75) is 38.7 Å². The third-order valence-electron chi connectivity index (χ3n) is 4.74. The molecule has 0 radical (unpaired) electrons. The number of carbonyl (C=O) groups is 2. The second-order valence-corrected chi connectivity index (χ2v) is 7.95. The summed E-state index contributed by atoms with van der Waals surface area (Å²) in [6, 6.07) is 5.93. The fraction of sp³-hybridized carbons (Fsp3) is 0.429. The Morgan fingerprint density at radius 3 is 2.76 bits per heavy atom. The van der Waals surface area contributed by atoms with Crippen LogP contribution in [0, 0.1) is 5.82 Å². The monoisotopic (exact) mass is 420 g/mol. The summed E-state index contributed by atoms with van der Waals surface area (Å²) in [4.78, 5) is 26.6. The molecule has 0 aliphatic heterocycles. The number of halogens is 1. The number of anilines is 1. The molecule has 6 nitrogen and oxygen atoms in total. The molecule has 1 aromatic heterocycles. The average Bonchev–Trinajstić information content (AvgIpc) is 3.07. The van der Waals surface area contributed by atoms with E-state index in [0.717, 1.165) is 36.1 Å². The highest BCUT2D eigenvalue weighted by Crippen LogP contribution is 2.38. The number of fused-ring (bicyclic) bond motifs is 1. The first-order valence-electron chi connectivity index (χ1n) is 9.65. The molecule has 1 aliphatic rings. The Morgan fingerprint density at radius 1 is 1.24 bits per heavy atom. The quantitative estimate of drug-likeness (QED) is 0.641. The lowest BCUT2D eigenvalue weighted by atomic mass is 9.95. The fourth-order valence-electron chi connectivity index (χ4n) is 3.25.